The summed E-state index contributed by atoms with van der Waals surface area (Å²) < 4.78 is 0. The molecule has 0 radical (unpaired) electrons. The summed E-state index contributed by atoms with van der Waals surface area (Å²) in [4.78, 5) is 9.98. The van der Waals surface area contributed by atoms with Crippen LogP contribution >= 0.6 is 11.6 Å². The van der Waals surface area contributed by atoms with E-state index in [0.29, 0.717) is 5.15 Å². The van der Waals surface area contributed by atoms with E-state index < -0.39 is 0 Å². The molecule has 1 aliphatic rings. The molecule has 2 heterocycles. The number of aromatic nitrogens is 2. The van der Waals surface area contributed by atoms with Gasteiger partial charge in [-0.3, -0.25) is 4.98 Å². The maximum Gasteiger partial charge on any atom is 0.149 e. The smallest absolute Gasteiger partial charge is 0.149 e. The first-order chi connectivity index (χ1) is 6.29. The number of halogens is 1. The molecule has 0 bridgehead atoms. The van der Waals surface area contributed by atoms with Crippen LogP contribution in [0, 0.1) is 17.2 Å². The number of hydrogen-bond donors (Lipinski definition) is 0. The lowest BCUT2D eigenvalue weighted by molar-refractivity contribution is 0.499. The number of nitriles is 1. The Labute approximate surface area is 80.8 Å². The van der Waals surface area contributed by atoms with Crippen LogP contribution in [0.25, 0.3) is 0 Å². The fourth-order valence-corrected chi connectivity index (χ4v) is 1.38. The van der Waals surface area contributed by atoms with Gasteiger partial charge in [-0.1, -0.05) is 11.6 Å². The Balaban J connectivity index is 2.08. The minimum absolute atomic E-state index is 0.126. The van der Waals surface area contributed by atoms with Crippen molar-refractivity contribution in [3.8, 4) is 6.07 Å². The zero-order chi connectivity index (χ0) is 9.26. The molecule has 2 rings (SSSR count). The minimum Gasteiger partial charge on any atom is -0.353 e. The summed E-state index contributed by atoms with van der Waals surface area (Å²) in [6, 6.07) is 2.19. The van der Waals surface area contributed by atoms with Crippen LogP contribution in [-0.4, -0.2) is 23.1 Å². The Morgan fingerprint density at radius 3 is 2.92 bits per heavy atom. The largest absolute Gasteiger partial charge is 0.353 e. The standard InChI is InChI=1S/C8H7ClN4/c9-7-2-11-3-8(12-7)13-4-6(1-10)5-13/h2-3,6H,4-5H2. The second-order valence-electron chi connectivity index (χ2n) is 2.93. The highest BCUT2D eigenvalue weighted by Crippen LogP contribution is 2.22. The summed E-state index contributed by atoms with van der Waals surface area (Å²) in [5.41, 5.74) is 0. The first kappa shape index (κ1) is 8.27. The van der Waals surface area contributed by atoms with Crippen LogP contribution in [0.3, 0.4) is 0 Å². The quantitative estimate of drug-likeness (QED) is 0.672. The van der Waals surface area contributed by atoms with Crippen molar-refractivity contribution in [3.63, 3.8) is 0 Å². The summed E-state index contributed by atoms with van der Waals surface area (Å²) in [7, 11) is 0. The van der Waals surface area contributed by atoms with Gasteiger partial charge in [0.15, 0.2) is 0 Å². The third-order valence-corrected chi connectivity index (χ3v) is 2.16. The zero-order valence-electron chi connectivity index (χ0n) is 6.81. The number of rotatable bonds is 1. The van der Waals surface area contributed by atoms with Crippen LogP contribution < -0.4 is 4.90 Å². The molecule has 1 aromatic rings. The van der Waals surface area contributed by atoms with E-state index in [9.17, 15) is 0 Å². The molecular formula is C8H7ClN4. The van der Waals surface area contributed by atoms with Gasteiger partial charge in [-0.15, -0.1) is 0 Å². The molecule has 0 N–H and O–H groups in total. The van der Waals surface area contributed by atoms with E-state index in [1.54, 1.807) is 6.20 Å². The first-order valence-corrected chi connectivity index (χ1v) is 4.29. The zero-order valence-corrected chi connectivity index (χ0v) is 7.57. The van der Waals surface area contributed by atoms with Crippen molar-refractivity contribution >= 4 is 17.4 Å². The van der Waals surface area contributed by atoms with Gasteiger partial charge in [0.1, 0.15) is 11.0 Å². The monoisotopic (exact) mass is 194 g/mol. The van der Waals surface area contributed by atoms with Crippen LogP contribution in [-0.2, 0) is 0 Å². The molecule has 13 heavy (non-hydrogen) atoms. The third kappa shape index (κ3) is 1.56. The molecule has 5 heteroatoms. The van der Waals surface area contributed by atoms with E-state index in [0.717, 1.165) is 18.9 Å². The molecule has 0 spiro atoms. The molecule has 1 aromatic heterocycles. The van der Waals surface area contributed by atoms with Gasteiger partial charge in [-0.25, -0.2) is 4.98 Å². The molecule has 0 atom stereocenters. The summed E-state index contributed by atoms with van der Waals surface area (Å²) in [6.45, 7) is 1.46. The maximum atomic E-state index is 8.57. The van der Waals surface area contributed by atoms with Crippen LogP contribution in [0.1, 0.15) is 0 Å². The summed E-state index contributed by atoms with van der Waals surface area (Å²) in [6.07, 6.45) is 3.14. The van der Waals surface area contributed by atoms with Crippen molar-refractivity contribution in [2.24, 2.45) is 5.92 Å². The predicted octanol–water partition coefficient (Wildman–Crippen LogP) is 1.09. The molecule has 0 saturated carbocycles. The van der Waals surface area contributed by atoms with Crippen molar-refractivity contribution in [2.45, 2.75) is 0 Å². The number of nitrogens with zero attached hydrogens (tertiary/aromatic N) is 4. The van der Waals surface area contributed by atoms with Crippen LogP contribution in [0.5, 0.6) is 0 Å². The fourth-order valence-electron chi connectivity index (χ4n) is 1.23. The van der Waals surface area contributed by atoms with Gasteiger partial charge in [-0.05, 0) is 0 Å². The Hall–Kier alpha value is -1.34. The maximum absolute atomic E-state index is 8.57. The molecular weight excluding hydrogens is 188 g/mol. The predicted molar refractivity (Wildman–Crippen MR) is 48.4 cm³/mol. The normalized spacial score (nSPS) is 16.5. The second kappa shape index (κ2) is 3.19. The lowest BCUT2D eigenvalue weighted by Crippen LogP contribution is -2.46. The Kier molecular flexibility index (Phi) is 2.03. The van der Waals surface area contributed by atoms with Crippen molar-refractivity contribution in [3.05, 3.63) is 17.5 Å². The lowest BCUT2D eigenvalue weighted by atomic mass is 10.0. The average molecular weight is 195 g/mol. The molecule has 66 valence electrons. The van der Waals surface area contributed by atoms with Crippen molar-refractivity contribution in [2.75, 3.05) is 18.0 Å². The van der Waals surface area contributed by atoms with Crippen LogP contribution in [0.2, 0.25) is 5.15 Å². The van der Waals surface area contributed by atoms with E-state index in [1.165, 1.54) is 6.20 Å². The van der Waals surface area contributed by atoms with E-state index >= 15 is 0 Å². The van der Waals surface area contributed by atoms with Crippen molar-refractivity contribution < 1.29 is 0 Å². The summed E-state index contributed by atoms with van der Waals surface area (Å²) >= 11 is 5.67. The van der Waals surface area contributed by atoms with Gasteiger partial charge in [-0.2, -0.15) is 5.26 Å². The fraction of sp³-hybridized carbons (Fsp3) is 0.375. The van der Waals surface area contributed by atoms with E-state index in [4.69, 9.17) is 16.9 Å². The Morgan fingerprint density at radius 2 is 2.31 bits per heavy atom. The van der Waals surface area contributed by atoms with Crippen LogP contribution in [0.15, 0.2) is 12.4 Å². The second-order valence-corrected chi connectivity index (χ2v) is 3.32. The molecule has 4 nitrogen and oxygen atoms in total. The van der Waals surface area contributed by atoms with Gasteiger partial charge >= 0.3 is 0 Å². The number of anilines is 1. The van der Waals surface area contributed by atoms with E-state index in [-0.39, 0.29) is 5.92 Å². The summed E-state index contributed by atoms with van der Waals surface area (Å²) in [5.74, 6) is 0.875. The Bertz CT molecular complexity index is 353. The third-order valence-electron chi connectivity index (χ3n) is 1.98. The van der Waals surface area contributed by atoms with Crippen molar-refractivity contribution in [1.29, 1.82) is 5.26 Å². The van der Waals surface area contributed by atoms with Gasteiger partial charge in [0, 0.05) is 13.1 Å². The molecule has 1 saturated heterocycles. The highest BCUT2D eigenvalue weighted by Gasteiger charge is 2.27. The molecule has 0 amide bonds. The molecule has 0 aliphatic carbocycles. The van der Waals surface area contributed by atoms with E-state index in [1.807, 2.05) is 4.90 Å². The lowest BCUT2D eigenvalue weighted by Gasteiger charge is -2.35. The molecule has 1 aliphatic heterocycles. The van der Waals surface area contributed by atoms with Gasteiger partial charge in [0.25, 0.3) is 0 Å². The van der Waals surface area contributed by atoms with Crippen LogP contribution in [0.4, 0.5) is 5.82 Å². The van der Waals surface area contributed by atoms with Gasteiger partial charge < -0.3 is 4.90 Å². The highest BCUT2D eigenvalue weighted by molar-refractivity contribution is 6.29. The topological polar surface area (TPSA) is 52.8 Å². The summed E-state index contributed by atoms with van der Waals surface area (Å²) in [5, 5.41) is 8.95. The molecule has 0 unspecified atom stereocenters. The highest BCUT2D eigenvalue weighted by atomic mass is 35.5. The molecule has 1 fully saturated rings. The number of hydrogen-bond acceptors (Lipinski definition) is 4. The average Bonchev–Trinajstić information content (AvgIpc) is 2.02. The van der Waals surface area contributed by atoms with Gasteiger partial charge in [0.05, 0.1) is 24.4 Å². The molecule has 0 aromatic carbocycles. The Morgan fingerprint density at radius 1 is 1.54 bits per heavy atom. The van der Waals surface area contributed by atoms with Gasteiger partial charge in [0.2, 0.25) is 0 Å². The van der Waals surface area contributed by atoms with Crippen molar-refractivity contribution in [1.82, 2.24) is 9.97 Å². The minimum atomic E-state index is 0.126. The van der Waals surface area contributed by atoms with E-state index in [2.05, 4.69) is 16.0 Å². The SMILES string of the molecule is N#CC1CN(c2cncc(Cl)n2)C1. The first-order valence-electron chi connectivity index (χ1n) is 3.91.